The van der Waals surface area contributed by atoms with Gasteiger partial charge in [0.15, 0.2) is 0 Å². The van der Waals surface area contributed by atoms with Gasteiger partial charge in [-0.05, 0) is 31.6 Å². The van der Waals surface area contributed by atoms with E-state index < -0.39 is 0 Å². The van der Waals surface area contributed by atoms with Crippen molar-refractivity contribution < 1.29 is 0 Å². The van der Waals surface area contributed by atoms with Gasteiger partial charge in [-0.2, -0.15) is 11.8 Å². The number of piperidine rings is 1. The summed E-state index contributed by atoms with van der Waals surface area (Å²) in [6.07, 6.45) is 8.55. The van der Waals surface area contributed by atoms with E-state index in [0.29, 0.717) is 0 Å². The van der Waals surface area contributed by atoms with Gasteiger partial charge in [-0.25, -0.2) is 0 Å². The second kappa shape index (κ2) is 6.25. The Labute approximate surface area is 101 Å². The average Bonchev–Trinajstić information content (AvgIpc) is 2.80. The average molecular weight is 240 g/mol. The lowest BCUT2D eigenvalue weighted by Crippen LogP contribution is -2.38. The number of nitrogens with zero attached hydrogens (tertiary/aromatic N) is 4. The Kier molecular flexibility index (Phi) is 4.66. The van der Waals surface area contributed by atoms with Crippen LogP contribution in [0.25, 0.3) is 0 Å². The minimum Gasteiger partial charge on any atom is -0.302 e. The van der Waals surface area contributed by atoms with Crippen molar-refractivity contribution in [2.75, 3.05) is 31.6 Å². The molecule has 2 heterocycles. The van der Waals surface area contributed by atoms with Crippen LogP contribution in [0.15, 0.2) is 12.4 Å². The second-order valence-corrected chi connectivity index (χ2v) is 5.41. The molecule has 0 amide bonds. The number of thioether (sulfide) groups is 1. The van der Waals surface area contributed by atoms with Crippen molar-refractivity contribution in [1.82, 2.24) is 19.9 Å². The van der Waals surface area contributed by atoms with Gasteiger partial charge in [0.25, 0.3) is 0 Å². The number of rotatable bonds is 5. The molecule has 0 radical (unpaired) electrons. The molecule has 0 bridgehead atoms. The molecule has 0 N–H and O–H groups in total. The molecule has 0 saturated carbocycles. The van der Waals surface area contributed by atoms with Crippen LogP contribution in [0.2, 0.25) is 0 Å². The summed E-state index contributed by atoms with van der Waals surface area (Å²) in [5.41, 5.74) is 0. The van der Waals surface area contributed by atoms with Crippen LogP contribution in [-0.4, -0.2) is 51.5 Å². The fraction of sp³-hybridized carbons (Fsp3) is 0.818. The highest BCUT2D eigenvalue weighted by molar-refractivity contribution is 7.98. The summed E-state index contributed by atoms with van der Waals surface area (Å²) in [6.45, 7) is 4.75. The van der Waals surface area contributed by atoms with Crippen molar-refractivity contribution in [1.29, 1.82) is 0 Å². The maximum Gasteiger partial charge on any atom is 0.0692 e. The quantitative estimate of drug-likeness (QED) is 0.778. The van der Waals surface area contributed by atoms with Crippen LogP contribution >= 0.6 is 11.8 Å². The summed E-state index contributed by atoms with van der Waals surface area (Å²) in [5, 5.41) is 7.89. The number of aromatic nitrogens is 3. The Bertz CT molecular complexity index is 288. The fourth-order valence-electron chi connectivity index (χ4n) is 2.32. The summed E-state index contributed by atoms with van der Waals surface area (Å²) in [6, 6.07) is 0. The molecule has 16 heavy (non-hydrogen) atoms. The SMILES string of the molecule is CSCCN1CCC[C@@H](Cn2ccnn2)C1. The molecule has 4 nitrogen and oxygen atoms in total. The Morgan fingerprint density at radius 1 is 1.50 bits per heavy atom. The van der Waals surface area contributed by atoms with Crippen LogP contribution in [0.3, 0.4) is 0 Å². The summed E-state index contributed by atoms with van der Waals surface area (Å²) >= 11 is 1.93. The van der Waals surface area contributed by atoms with Crippen LogP contribution in [-0.2, 0) is 6.54 Å². The number of hydrogen-bond donors (Lipinski definition) is 0. The minimum absolute atomic E-state index is 0.748. The van der Waals surface area contributed by atoms with Gasteiger partial charge < -0.3 is 4.90 Å². The Morgan fingerprint density at radius 3 is 3.19 bits per heavy atom. The zero-order valence-corrected chi connectivity index (χ0v) is 10.7. The molecule has 1 aliphatic heterocycles. The van der Waals surface area contributed by atoms with E-state index in [1.807, 2.05) is 22.6 Å². The molecular weight excluding hydrogens is 220 g/mol. The van der Waals surface area contributed by atoms with E-state index in [4.69, 9.17) is 0 Å². The van der Waals surface area contributed by atoms with Crippen LogP contribution in [0, 0.1) is 5.92 Å². The summed E-state index contributed by atoms with van der Waals surface area (Å²) in [4.78, 5) is 2.58. The summed E-state index contributed by atoms with van der Waals surface area (Å²) in [5.74, 6) is 1.99. The largest absolute Gasteiger partial charge is 0.302 e. The topological polar surface area (TPSA) is 34.0 Å². The first-order valence-electron chi connectivity index (χ1n) is 5.94. The van der Waals surface area contributed by atoms with Crippen LogP contribution in [0.5, 0.6) is 0 Å². The highest BCUT2D eigenvalue weighted by Crippen LogP contribution is 2.18. The lowest BCUT2D eigenvalue weighted by molar-refractivity contribution is 0.167. The molecular formula is C11H20N4S. The van der Waals surface area contributed by atoms with Gasteiger partial charge in [0.2, 0.25) is 0 Å². The molecule has 1 saturated heterocycles. The predicted molar refractivity (Wildman–Crippen MR) is 67.6 cm³/mol. The molecule has 1 aromatic rings. The van der Waals surface area contributed by atoms with Crippen molar-refractivity contribution in [3.05, 3.63) is 12.4 Å². The molecule has 90 valence electrons. The number of likely N-dealkylation sites (tertiary alicyclic amines) is 1. The van der Waals surface area contributed by atoms with Gasteiger partial charge >= 0.3 is 0 Å². The minimum atomic E-state index is 0.748. The molecule has 1 aliphatic rings. The van der Waals surface area contributed by atoms with Crippen LogP contribution in [0.1, 0.15) is 12.8 Å². The van der Waals surface area contributed by atoms with Gasteiger partial charge in [-0.1, -0.05) is 5.21 Å². The molecule has 1 atom stereocenters. The first-order chi connectivity index (χ1) is 7.88. The van der Waals surface area contributed by atoms with Crippen molar-refractivity contribution in [2.24, 2.45) is 5.92 Å². The lowest BCUT2D eigenvalue weighted by atomic mass is 9.98. The monoisotopic (exact) mass is 240 g/mol. The van der Waals surface area contributed by atoms with Crippen molar-refractivity contribution >= 4 is 11.8 Å². The van der Waals surface area contributed by atoms with Gasteiger partial charge in [0.05, 0.1) is 6.20 Å². The van der Waals surface area contributed by atoms with Gasteiger partial charge in [0, 0.05) is 31.6 Å². The third kappa shape index (κ3) is 3.49. The highest BCUT2D eigenvalue weighted by atomic mass is 32.2. The van der Waals surface area contributed by atoms with E-state index in [-0.39, 0.29) is 0 Å². The van der Waals surface area contributed by atoms with E-state index >= 15 is 0 Å². The first kappa shape index (κ1) is 11.9. The van der Waals surface area contributed by atoms with Crippen molar-refractivity contribution in [3.8, 4) is 0 Å². The molecule has 5 heteroatoms. The number of hydrogen-bond acceptors (Lipinski definition) is 4. The van der Waals surface area contributed by atoms with Gasteiger partial charge in [-0.3, -0.25) is 4.68 Å². The van der Waals surface area contributed by atoms with Crippen molar-refractivity contribution in [2.45, 2.75) is 19.4 Å². The molecule has 0 unspecified atom stereocenters. The molecule has 0 spiro atoms. The third-order valence-corrected chi connectivity index (χ3v) is 3.72. The van der Waals surface area contributed by atoms with Crippen LogP contribution in [0.4, 0.5) is 0 Å². The van der Waals surface area contributed by atoms with E-state index in [2.05, 4.69) is 21.5 Å². The third-order valence-electron chi connectivity index (χ3n) is 3.13. The maximum atomic E-state index is 4.04. The van der Waals surface area contributed by atoms with E-state index in [1.165, 1.54) is 38.2 Å². The van der Waals surface area contributed by atoms with Gasteiger partial charge in [0.1, 0.15) is 0 Å². The lowest BCUT2D eigenvalue weighted by Gasteiger charge is -2.32. The first-order valence-corrected chi connectivity index (χ1v) is 7.33. The van der Waals surface area contributed by atoms with E-state index in [9.17, 15) is 0 Å². The predicted octanol–water partition coefficient (Wildman–Crippen LogP) is 1.35. The molecule has 0 aliphatic carbocycles. The zero-order valence-electron chi connectivity index (χ0n) is 9.88. The highest BCUT2D eigenvalue weighted by Gasteiger charge is 2.19. The summed E-state index contributed by atoms with van der Waals surface area (Å²) in [7, 11) is 0. The second-order valence-electron chi connectivity index (χ2n) is 4.43. The molecule has 0 aromatic carbocycles. The maximum absolute atomic E-state index is 4.04. The zero-order chi connectivity index (χ0) is 11.2. The summed E-state index contributed by atoms with van der Waals surface area (Å²) < 4.78 is 1.96. The van der Waals surface area contributed by atoms with Crippen molar-refractivity contribution in [3.63, 3.8) is 0 Å². The van der Waals surface area contributed by atoms with E-state index in [1.54, 1.807) is 6.20 Å². The Balaban J connectivity index is 1.77. The molecule has 1 aromatic heterocycles. The normalized spacial score (nSPS) is 22.4. The van der Waals surface area contributed by atoms with E-state index in [0.717, 1.165) is 12.5 Å². The van der Waals surface area contributed by atoms with Gasteiger partial charge in [-0.15, -0.1) is 5.10 Å². The van der Waals surface area contributed by atoms with Crippen LogP contribution < -0.4 is 0 Å². The standard InChI is InChI=1S/C11H20N4S/c1-16-8-7-14-5-2-3-11(9-14)10-15-6-4-12-13-15/h4,6,11H,2-3,5,7-10H2,1H3/t11-/m1/s1. The fourth-order valence-corrected chi connectivity index (χ4v) is 2.76. The molecule has 1 fully saturated rings. The molecule has 2 rings (SSSR count). The Hall–Kier alpha value is -0.550. The Morgan fingerprint density at radius 2 is 2.44 bits per heavy atom. The smallest absolute Gasteiger partial charge is 0.0692 e.